The number of anilines is 1. The van der Waals surface area contributed by atoms with Crippen molar-refractivity contribution >= 4 is 28.4 Å². The monoisotopic (exact) mass is 333 g/mol. The fourth-order valence-corrected chi connectivity index (χ4v) is 3.41. The molecule has 0 radical (unpaired) electrons. The van der Waals surface area contributed by atoms with Gasteiger partial charge in [0.05, 0.1) is 5.56 Å². The Balaban J connectivity index is 1.51. The summed E-state index contributed by atoms with van der Waals surface area (Å²) in [5.74, 6) is -0.209. The summed E-state index contributed by atoms with van der Waals surface area (Å²) in [5, 5.41) is 0.873. The first-order valence-corrected chi connectivity index (χ1v) is 8.35. The number of hydrogen-bond donors (Lipinski definition) is 1. The van der Waals surface area contributed by atoms with Crippen LogP contribution in [0.25, 0.3) is 10.9 Å². The van der Waals surface area contributed by atoms with Gasteiger partial charge in [0.2, 0.25) is 5.91 Å². The van der Waals surface area contributed by atoms with Crippen molar-refractivity contribution in [1.82, 2.24) is 9.88 Å². The summed E-state index contributed by atoms with van der Waals surface area (Å²) in [6.07, 6.45) is 2.57. The second kappa shape index (κ2) is 6.09. The predicted octanol–water partition coefficient (Wildman–Crippen LogP) is 2.83. The molecule has 5 nitrogen and oxygen atoms in total. The number of nitrogens with one attached hydrogen (secondary N) is 1. The van der Waals surface area contributed by atoms with E-state index in [1.807, 2.05) is 48.5 Å². The molecule has 0 fully saturated rings. The first kappa shape index (κ1) is 15.4. The third-order valence-electron chi connectivity index (χ3n) is 4.73. The highest BCUT2D eigenvalue weighted by Gasteiger charge is 2.26. The Morgan fingerprint density at radius 2 is 1.88 bits per heavy atom. The van der Waals surface area contributed by atoms with E-state index in [1.54, 1.807) is 18.1 Å². The molecule has 1 aromatic heterocycles. The molecule has 2 heterocycles. The Morgan fingerprint density at radius 1 is 1.12 bits per heavy atom. The van der Waals surface area contributed by atoms with Gasteiger partial charge in [-0.3, -0.25) is 9.59 Å². The predicted molar refractivity (Wildman–Crippen MR) is 97.8 cm³/mol. The summed E-state index contributed by atoms with van der Waals surface area (Å²) >= 11 is 0. The SMILES string of the molecule is CN(CC(=O)N1CCc2ccccc21)C(=O)c1c[nH]c2ccccc12. The van der Waals surface area contributed by atoms with Crippen LogP contribution in [-0.4, -0.2) is 41.8 Å². The first-order valence-electron chi connectivity index (χ1n) is 8.35. The zero-order chi connectivity index (χ0) is 17.4. The molecule has 1 aliphatic rings. The molecule has 0 saturated carbocycles. The molecule has 5 heteroatoms. The maximum Gasteiger partial charge on any atom is 0.256 e. The van der Waals surface area contributed by atoms with Gasteiger partial charge in [-0.1, -0.05) is 36.4 Å². The number of aromatic nitrogens is 1. The summed E-state index contributed by atoms with van der Waals surface area (Å²) in [4.78, 5) is 31.8. The number of carbonyl (C=O) groups excluding carboxylic acids is 2. The molecule has 0 spiro atoms. The van der Waals surface area contributed by atoms with E-state index in [1.165, 1.54) is 10.5 Å². The molecule has 0 unspecified atom stereocenters. The lowest BCUT2D eigenvalue weighted by Crippen LogP contribution is -2.40. The topological polar surface area (TPSA) is 56.4 Å². The summed E-state index contributed by atoms with van der Waals surface area (Å²) in [6, 6.07) is 15.6. The number of rotatable bonds is 3. The van der Waals surface area contributed by atoms with E-state index in [-0.39, 0.29) is 18.4 Å². The second-order valence-corrected chi connectivity index (χ2v) is 6.33. The van der Waals surface area contributed by atoms with Crippen LogP contribution in [0.5, 0.6) is 0 Å². The zero-order valence-corrected chi connectivity index (χ0v) is 14.0. The van der Waals surface area contributed by atoms with Crippen LogP contribution in [0.1, 0.15) is 15.9 Å². The van der Waals surface area contributed by atoms with E-state index in [2.05, 4.69) is 4.98 Å². The van der Waals surface area contributed by atoms with Crippen LogP contribution in [-0.2, 0) is 11.2 Å². The molecule has 3 aromatic rings. The Hall–Kier alpha value is -3.08. The van der Waals surface area contributed by atoms with E-state index in [4.69, 9.17) is 0 Å². The van der Waals surface area contributed by atoms with Crippen molar-refractivity contribution in [1.29, 1.82) is 0 Å². The fourth-order valence-electron chi connectivity index (χ4n) is 3.41. The lowest BCUT2D eigenvalue weighted by molar-refractivity contribution is -0.119. The van der Waals surface area contributed by atoms with E-state index < -0.39 is 0 Å². The third-order valence-corrected chi connectivity index (χ3v) is 4.73. The Bertz CT molecular complexity index is 960. The molecule has 1 aliphatic heterocycles. The van der Waals surface area contributed by atoms with Crippen LogP contribution in [0.2, 0.25) is 0 Å². The number of benzene rings is 2. The van der Waals surface area contributed by atoms with E-state index in [0.29, 0.717) is 12.1 Å². The number of H-pyrrole nitrogens is 1. The van der Waals surface area contributed by atoms with Crippen LogP contribution in [0, 0.1) is 0 Å². The molecule has 0 bridgehead atoms. The van der Waals surface area contributed by atoms with Gasteiger partial charge in [0, 0.05) is 36.4 Å². The van der Waals surface area contributed by atoms with Crippen molar-refractivity contribution in [3.05, 3.63) is 65.9 Å². The van der Waals surface area contributed by atoms with Crippen LogP contribution in [0.3, 0.4) is 0 Å². The molecular formula is C20H19N3O2. The minimum atomic E-state index is -0.154. The molecular weight excluding hydrogens is 314 g/mol. The number of carbonyl (C=O) groups is 2. The molecule has 0 saturated heterocycles. The van der Waals surface area contributed by atoms with Crippen LogP contribution < -0.4 is 4.90 Å². The molecule has 4 rings (SSSR count). The Labute approximate surface area is 145 Å². The van der Waals surface area contributed by atoms with Gasteiger partial charge < -0.3 is 14.8 Å². The zero-order valence-electron chi connectivity index (χ0n) is 14.0. The number of fused-ring (bicyclic) bond motifs is 2. The Morgan fingerprint density at radius 3 is 2.76 bits per heavy atom. The van der Waals surface area contributed by atoms with Crippen molar-refractivity contribution < 1.29 is 9.59 Å². The van der Waals surface area contributed by atoms with Crippen molar-refractivity contribution in [3.63, 3.8) is 0 Å². The lowest BCUT2D eigenvalue weighted by atomic mass is 10.1. The summed E-state index contributed by atoms with van der Waals surface area (Å²) in [7, 11) is 1.67. The van der Waals surface area contributed by atoms with Crippen molar-refractivity contribution in [2.24, 2.45) is 0 Å². The largest absolute Gasteiger partial charge is 0.360 e. The van der Waals surface area contributed by atoms with Crippen molar-refractivity contribution in [2.45, 2.75) is 6.42 Å². The summed E-state index contributed by atoms with van der Waals surface area (Å²) < 4.78 is 0. The van der Waals surface area contributed by atoms with Gasteiger partial charge in [0.25, 0.3) is 5.91 Å². The average molecular weight is 333 g/mol. The standard InChI is InChI=1S/C20H19N3O2/c1-22(20(25)16-12-21-17-8-4-3-7-15(16)17)13-19(24)23-11-10-14-6-2-5-9-18(14)23/h2-9,12,21H,10-11,13H2,1H3. The maximum atomic E-state index is 12.8. The Kier molecular flexibility index (Phi) is 3.76. The molecule has 25 heavy (non-hydrogen) atoms. The number of para-hydroxylation sites is 2. The van der Waals surface area contributed by atoms with Gasteiger partial charge in [-0.15, -0.1) is 0 Å². The normalized spacial score (nSPS) is 13.1. The quantitative estimate of drug-likeness (QED) is 0.801. The molecule has 2 amide bonds. The van der Waals surface area contributed by atoms with Crippen LogP contribution in [0.15, 0.2) is 54.7 Å². The maximum absolute atomic E-state index is 12.8. The van der Waals surface area contributed by atoms with Gasteiger partial charge in [-0.05, 0) is 24.1 Å². The number of likely N-dealkylation sites (N-methyl/N-ethyl adjacent to an activating group) is 1. The van der Waals surface area contributed by atoms with Gasteiger partial charge in [0.1, 0.15) is 6.54 Å². The summed E-state index contributed by atoms with van der Waals surface area (Å²) in [5.41, 5.74) is 3.65. The van der Waals surface area contributed by atoms with E-state index >= 15 is 0 Å². The molecule has 2 aromatic carbocycles. The molecule has 0 atom stereocenters. The van der Waals surface area contributed by atoms with Crippen molar-refractivity contribution in [3.8, 4) is 0 Å². The van der Waals surface area contributed by atoms with Crippen LogP contribution in [0.4, 0.5) is 5.69 Å². The minimum Gasteiger partial charge on any atom is -0.360 e. The second-order valence-electron chi connectivity index (χ2n) is 6.33. The fraction of sp³-hybridized carbons (Fsp3) is 0.200. The first-order chi connectivity index (χ1) is 12.1. The van der Waals surface area contributed by atoms with Crippen LogP contribution >= 0.6 is 0 Å². The number of hydrogen-bond acceptors (Lipinski definition) is 2. The van der Waals surface area contributed by atoms with E-state index in [0.717, 1.165) is 23.0 Å². The van der Waals surface area contributed by atoms with Gasteiger partial charge >= 0.3 is 0 Å². The average Bonchev–Trinajstić information content (AvgIpc) is 3.25. The van der Waals surface area contributed by atoms with E-state index in [9.17, 15) is 9.59 Å². The molecule has 126 valence electrons. The smallest absolute Gasteiger partial charge is 0.256 e. The number of amides is 2. The van der Waals surface area contributed by atoms with Gasteiger partial charge in [0.15, 0.2) is 0 Å². The minimum absolute atomic E-state index is 0.0550. The van der Waals surface area contributed by atoms with Gasteiger partial charge in [-0.25, -0.2) is 0 Å². The van der Waals surface area contributed by atoms with Crippen molar-refractivity contribution in [2.75, 3.05) is 25.0 Å². The highest BCUT2D eigenvalue weighted by molar-refractivity contribution is 6.08. The highest BCUT2D eigenvalue weighted by atomic mass is 16.2. The summed E-state index contributed by atoms with van der Waals surface area (Å²) in [6.45, 7) is 0.736. The third kappa shape index (κ3) is 2.67. The highest BCUT2D eigenvalue weighted by Crippen LogP contribution is 2.27. The number of aromatic amines is 1. The lowest BCUT2D eigenvalue weighted by Gasteiger charge is -2.22. The van der Waals surface area contributed by atoms with Gasteiger partial charge in [-0.2, -0.15) is 0 Å². The number of nitrogens with zero attached hydrogens (tertiary/aromatic N) is 2. The molecule has 1 N–H and O–H groups in total. The molecule has 0 aliphatic carbocycles.